The van der Waals surface area contributed by atoms with Crippen molar-refractivity contribution in [1.82, 2.24) is 9.88 Å². The summed E-state index contributed by atoms with van der Waals surface area (Å²) in [6.07, 6.45) is 5.58. The topological polar surface area (TPSA) is 59.5 Å². The van der Waals surface area contributed by atoms with Crippen LogP contribution in [0.4, 0.5) is 0 Å². The van der Waals surface area contributed by atoms with Crippen molar-refractivity contribution in [3.8, 4) is 11.3 Å². The first-order valence-electron chi connectivity index (χ1n) is 9.63. The lowest BCUT2D eigenvalue weighted by Gasteiger charge is -2.24. The lowest BCUT2D eigenvalue weighted by atomic mass is 10.1. The predicted molar refractivity (Wildman–Crippen MR) is 104 cm³/mol. The Morgan fingerprint density at radius 1 is 0.963 bits per heavy atom. The Morgan fingerprint density at radius 3 is 2.30 bits per heavy atom. The van der Waals surface area contributed by atoms with Crippen LogP contribution in [0.3, 0.4) is 0 Å². The predicted octanol–water partition coefficient (Wildman–Crippen LogP) is 4.01. The highest BCUT2D eigenvalue weighted by Gasteiger charge is 2.18. The van der Waals surface area contributed by atoms with E-state index in [-0.39, 0.29) is 12.5 Å². The Balaban J connectivity index is 1.60. The minimum absolute atomic E-state index is 0.114. The zero-order valence-electron chi connectivity index (χ0n) is 15.8. The number of hydrogen-bond donors (Lipinski definition) is 0. The van der Waals surface area contributed by atoms with Crippen LogP contribution in [0.1, 0.15) is 48.2 Å². The van der Waals surface area contributed by atoms with Gasteiger partial charge in [0.25, 0.3) is 5.91 Å². The molecule has 0 spiro atoms. The largest absolute Gasteiger partial charge is 0.452 e. The van der Waals surface area contributed by atoms with Gasteiger partial charge in [0.15, 0.2) is 6.61 Å². The van der Waals surface area contributed by atoms with E-state index in [1.54, 1.807) is 19.1 Å². The maximum Gasteiger partial charge on any atom is 0.340 e. The summed E-state index contributed by atoms with van der Waals surface area (Å²) in [5.41, 5.74) is 2.80. The fraction of sp³-hybridized carbons (Fsp3) is 0.409. The average Bonchev–Trinajstić information content (AvgIpc) is 2.66. The van der Waals surface area contributed by atoms with E-state index in [0.29, 0.717) is 11.3 Å². The number of rotatable bonds is 4. The monoisotopic (exact) mass is 366 g/mol. The number of ether oxygens (including phenoxy) is 1. The van der Waals surface area contributed by atoms with Crippen molar-refractivity contribution < 1.29 is 14.3 Å². The normalized spacial score (nSPS) is 14.9. The zero-order chi connectivity index (χ0) is 19.1. The second kappa shape index (κ2) is 9.31. The van der Waals surface area contributed by atoms with Gasteiger partial charge in [-0.25, -0.2) is 4.79 Å². The molecule has 0 atom stereocenters. The number of carbonyl (C=O) groups is 2. The summed E-state index contributed by atoms with van der Waals surface area (Å²) in [6.45, 7) is 3.08. The van der Waals surface area contributed by atoms with Gasteiger partial charge in [-0.3, -0.25) is 9.78 Å². The van der Waals surface area contributed by atoms with E-state index >= 15 is 0 Å². The quantitative estimate of drug-likeness (QED) is 0.767. The van der Waals surface area contributed by atoms with Crippen LogP contribution in [-0.4, -0.2) is 41.5 Å². The van der Waals surface area contributed by atoms with Crippen LogP contribution in [0, 0.1) is 6.92 Å². The number of amides is 1. The lowest BCUT2D eigenvalue weighted by molar-refractivity contribution is -0.134. The molecule has 0 bridgehead atoms. The Kier molecular flexibility index (Phi) is 6.58. The number of aromatic nitrogens is 1. The number of nitrogens with zero attached hydrogens (tertiary/aromatic N) is 2. The molecule has 2 aromatic rings. The molecule has 27 heavy (non-hydrogen) atoms. The molecule has 1 amide bonds. The number of hydrogen-bond acceptors (Lipinski definition) is 4. The number of aryl methyl sites for hydroxylation is 1. The number of carbonyl (C=O) groups excluding carboxylic acids is 2. The summed E-state index contributed by atoms with van der Waals surface area (Å²) >= 11 is 0. The Bertz CT molecular complexity index is 781. The smallest absolute Gasteiger partial charge is 0.340 e. The van der Waals surface area contributed by atoms with Crippen molar-refractivity contribution in [3.63, 3.8) is 0 Å². The number of pyridine rings is 1. The molecule has 5 nitrogen and oxygen atoms in total. The number of esters is 1. The second-order valence-corrected chi connectivity index (χ2v) is 6.92. The molecular formula is C22H26N2O3. The van der Waals surface area contributed by atoms with Crippen LogP contribution in [-0.2, 0) is 9.53 Å². The Hall–Kier alpha value is -2.69. The molecule has 1 aliphatic rings. The summed E-state index contributed by atoms with van der Waals surface area (Å²) in [6, 6.07) is 13.3. The van der Waals surface area contributed by atoms with Gasteiger partial charge in [0, 0.05) is 18.7 Å². The summed E-state index contributed by atoms with van der Waals surface area (Å²) in [4.78, 5) is 31.1. The van der Waals surface area contributed by atoms with Crippen molar-refractivity contribution >= 4 is 11.9 Å². The molecule has 0 radical (unpaired) electrons. The third-order valence-electron chi connectivity index (χ3n) is 4.91. The van der Waals surface area contributed by atoms with Crippen molar-refractivity contribution in [2.45, 2.75) is 39.0 Å². The first kappa shape index (κ1) is 19.1. The van der Waals surface area contributed by atoms with E-state index in [1.165, 1.54) is 6.42 Å². The second-order valence-electron chi connectivity index (χ2n) is 6.92. The zero-order valence-corrected chi connectivity index (χ0v) is 15.8. The van der Waals surface area contributed by atoms with Gasteiger partial charge in [0.1, 0.15) is 0 Å². The number of benzene rings is 1. The molecule has 1 aliphatic heterocycles. The molecule has 0 N–H and O–H groups in total. The fourth-order valence-corrected chi connectivity index (χ4v) is 3.34. The first-order chi connectivity index (χ1) is 13.1. The molecule has 5 heteroatoms. The third kappa shape index (κ3) is 5.16. The lowest BCUT2D eigenvalue weighted by Crippen LogP contribution is -2.37. The van der Waals surface area contributed by atoms with Gasteiger partial charge >= 0.3 is 5.97 Å². The molecular weight excluding hydrogens is 340 g/mol. The van der Waals surface area contributed by atoms with Gasteiger partial charge < -0.3 is 9.64 Å². The average molecular weight is 366 g/mol. The van der Waals surface area contributed by atoms with E-state index in [0.717, 1.165) is 50.0 Å². The highest BCUT2D eigenvalue weighted by molar-refractivity contribution is 5.92. The molecule has 1 fully saturated rings. The van der Waals surface area contributed by atoms with Crippen LogP contribution >= 0.6 is 0 Å². The molecule has 0 unspecified atom stereocenters. The van der Waals surface area contributed by atoms with Crippen LogP contribution in [0.15, 0.2) is 42.5 Å². The fourth-order valence-electron chi connectivity index (χ4n) is 3.34. The van der Waals surface area contributed by atoms with Crippen molar-refractivity contribution in [1.29, 1.82) is 0 Å². The Labute approximate surface area is 160 Å². The first-order valence-corrected chi connectivity index (χ1v) is 9.63. The van der Waals surface area contributed by atoms with Crippen molar-refractivity contribution in [3.05, 3.63) is 53.7 Å². The maximum atomic E-state index is 12.4. The van der Waals surface area contributed by atoms with Crippen LogP contribution in [0.5, 0.6) is 0 Å². The summed E-state index contributed by atoms with van der Waals surface area (Å²) in [5.74, 6) is -0.614. The van der Waals surface area contributed by atoms with Gasteiger partial charge in [-0.15, -0.1) is 0 Å². The minimum Gasteiger partial charge on any atom is -0.452 e. The molecule has 3 rings (SSSR count). The highest BCUT2D eigenvalue weighted by Crippen LogP contribution is 2.19. The van der Waals surface area contributed by atoms with Crippen molar-refractivity contribution in [2.75, 3.05) is 19.7 Å². The molecule has 1 aromatic heterocycles. The van der Waals surface area contributed by atoms with Gasteiger partial charge in [0.05, 0.1) is 17.0 Å². The summed E-state index contributed by atoms with van der Waals surface area (Å²) in [5, 5.41) is 0. The standard InChI is InChI=1S/C22H26N2O3/c1-17-19(12-13-20(23-17)18-10-6-5-7-11-18)22(26)27-16-21(25)24-14-8-3-2-4-9-15-24/h5-7,10-13H,2-4,8-9,14-16H2,1H3. The molecule has 142 valence electrons. The maximum absolute atomic E-state index is 12.4. The van der Waals surface area contributed by atoms with Gasteiger partial charge in [-0.1, -0.05) is 49.6 Å². The minimum atomic E-state index is -0.500. The van der Waals surface area contributed by atoms with E-state index in [9.17, 15) is 9.59 Å². The molecule has 1 aromatic carbocycles. The van der Waals surface area contributed by atoms with E-state index in [4.69, 9.17) is 4.74 Å². The van der Waals surface area contributed by atoms with Crippen LogP contribution < -0.4 is 0 Å². The van der Waals surface area contributed by atoms with Gasteiger partial charge in [0.2, 0.25) is 0 Å². The number of likely N-dealkylation sites (tertiary alicyclic amines) is 1. The van der Waals surface area contributed by atoms with Gasteiger partial charge in [-0.05, 0) is 31.9 Å². The highest BCUT2D eigenvalue weighted by atomic mass is 16.5. The van der Waals surface area contributed by atoms with Gasteiger partial charge in [-0.2, -0.15) is 0 Å². The SMILES string of the molecule is Cc1nc(-c2ccccc2)ccc1C(=O)OCC(=O)N1CCCCCCC1. The molecule has 0 saturated carbocycles. The Morgan fingerprint density at radius 2 is 1.63 bits per heavy atom. The van der Waals surface area contributed by atoms with Crippen molar-refractivity contribution in [2.24, 2.45) is 0 Å². The summed E-state index contributed by atoms with van der Waals surface area (Å²) < 4.78 is 5.27. The van der Waals surface area contributed by atoms with E-state index < -0.39 is 5.97 Å². The molecule has 1 saturated heterocycles. The molecule has 0 aliphatic carbocycles. The third-order valence-corrected chi connectivity index (χ3v) is 4.91. The van der Waals surface area contributed by atoms with Crippen LogP contribution in [0.2, 0.25) is 0 Å². The van der Waals surface area contributed by atoms with E-state index in [1.807, 2.05) is 35.2 Å². The van der Waals surface area contributed by atoms with E-state index in [2.05, 4.69) is 4.98 Å². The molecule has 2 heterocycles. The van der Waals surface area contributed by atoms with Crippen LogP contribution in [0.25, 0.3) is 11.3 Å². The summed E-state index contributed by atoms with van der Waals surface area (Å²) in [7, 11) is 0.